The van der Waals surface area contributed by atoms with Crippen LogP contribution in [0.5, 0.6) is 0 Å². The van der Waals surface area contributed by atoms with Crippen LogP contribution in [0.3, 0.4) is 0 Å². The number of carbonyl (C=O) groups is 3. The van der Waals surface area contributed by atoms with Crippen LogP contribution in [0.4, 0.5) is 17.1 Å². The molecule has 3 aliphatic heterocycles. The monoisotopic (exact) mass is 511 g/mol. The molecule has 0 aromatic heterocycles. The Morgan fingerprint density at radius 2 is 1.46 bits per heavy atom. The summed E-state index contributed by atoms with van der Waals surface area (Å²) in [4.78, 5) is 45.1. The summed E-state index contributed by atoms with van der Waals surface area (Å²) in [6.07, 6.45) is 3.97. The van der Waals surface area contributed by atoms with E-state index < -0.39 is 23.4 Å². The van der Waals surface area contributed by atoms with E-state index in [-0.39, 0.29) is 17.6 Å². The van der Waals surface area contributed by atoms with Crippen molar-refractivity contribution in [3.8, 4) is 0 Å². The number of Topliss-reactive ketones (excluding diaryl/α,β-unsaturated/α-hetero) is 1. The fourth-order valence-corrected chi connectivity index (χ4v) is 6.64. The van der Waals surface area contributed by atoms with Crippen LogP contribution in [0.1, 0.15) is 21.5 Å². The summed E-state index contributed by atoms with van der Waals surface area (Å²) in [5.41, 5.74) is 2.94. The number of nitrogens with one attached hydrogen (secondary N) is 2. The minimum Gasteiger partial charge on any atom is -0.350 e. The van der Waals surface area contributed by atoms with Crippen molar-refractivity contribution >= 4 is 40.7 Å². The highest BCUT2D eigenvalue weighted by molar-refractivity contribution is 6.17. The largest absolute Gasteiger partial charge is 0.350 e. The van der Waals surface area contributed by atoms with E-state index in [4.69, 9.17) is 0 Å². The second-order valence-corrected chi connectivity index (χ2v) is 10.1. The van der Waals surface area contributed by atoms with Crippen molar-refractivity contribution in [2.45, 2.75) is 17.5 Å². The Bertz CT molecular complexity index is 1650. The molecule has 1 saturated heterocycles. The maximum absolute atomic E-state index is 14.6. The van der Waals surface area contributed by atoms with E-state index in [2.05, 4.69) is 10.6 Å². The molecule has 1 fully saturated rings. The molecule has 4 atom stereocenters. The fourth-order valence-electron chi connectivity index (χ4n) is 6.64. The molecule has 0 radical (unpaired) electrons. The number of anilines is 3. The molecular weight excluding hydrogens is 486 g/mol. The lowest BCUT2D eigenvalue weighted by Crippen LogP contribution is -2.51. The number of carbonyl (C=O) groups excluding carboxylic acids is 3. The van der Waals surface area contributed by atoms with Crippen LogP contribution >= 0.6 is 0 Å². The molecule has 3 aliphatic rings. The number of ketones is 1. The number of rotatable bonds is 4. The first kappa shape index (κ1) is 23.2. The van der Waals surface area contributed by atoms with Crippen molar-refractivity contribution in [1.82, 2.24) is 0 Å². The predicted molar refractivity (Wildman–Crippen MR) is 152 cm³/mol. The van der Waals surface area contributed by atoms with Gasteiger partial charge in [0.15, 0.2) is 5.78 Å². The van der Waals surface area contributed by atoms with Gasteiger partial charge in [0.25, 0.3) is 0 Å². The summed E-state index contributed by atoms with van der Waals surface area (Å²) in [6.45, 7) is 0. The van der Waals surface area contributed by atoms with Crippen LogP contribution in [0.15, 0.2) is 115 Å². The number of amides is 2. The van der Waals surface area contributed by atoms with Crippen LogP contribution in [-0.4, -0.2) is 29.7 Å². The average Bonchev–Trinajstić information content (AvgIpc) is 3.46. The average molecular weight is 512 g/mol. The SMILES string of the molecule is O=C(c1ccccc1)[C@@H]1[C@H](C(=O)Nc2ccccc2)N2c3ccccc3C=CC2[C@@]12C(=O)Nc1ccccc12. The molecule has 1 spiro atoms. The van der Waals surface area contributed by atoms with E-state index >= 15 is 0 Å². The topological polar surface area (TPSA) is 78.5 Å². The molecule has 2 amide bonds. The zero-order chi connectivity index (χ0) is 26.6. The lowest BCUT2D eigenvalue weighted by Gasteiger charge is -2.37. The Balaban J connectivity index is 1.50. The van der Waals surface area contributed by atoms with Crippen molar-refractivity contribution in [2.75, 3.05) is 15.5 Å². The molecule has 6 nitrogen and oxygen atoms in total. The fraction of sp³-hybridized carbons (Fsp3) is 0.121. The third-order valence-corrected chi connectivity index (χ3v) is 8.19. The zero-order valence-electron chi connectivity index (χ0n) is 21.0. The van der Waals surface area contributed by atoms with Gasteiger partial charge < -0.3 is 15.5 Å². The summed E-state index contributed by atoms with van der Waals surface area (Å²) in [6, 6.07) is 32.0. The van der Waals surface area contributed by atoms with Gasteiger partial charge in [-0.1, -0.05) is 97.1 Å². The second kappa shape index (κ2) is 8.81. The maximum Gasteiger partial charge on any atom is 0.247 e. The van der Waals surface area contributed by atoms with Gasteiger partial charge in [0.1, 0.15) is 11.5 Å². The van der Waals surface area contributed by atoms with Crippen molar-refractivity contribution in [1.29, 1.82) is 0 Å². The molecule has 39 heavy (non-hydrogen) atoms. The first-order valence-electron chi connectivity index (χ1n) is 13.0. The Morgan fingerprint density at radius 1 is 0.795 bits per heavy atom. The first-order chi connectivity index (χ1) is 19.1. The van der Waals surface area contributed by atoms with Gasteiger partial charge in [-0.15, -0.1) is 0 Å². The summed E-state index contributed by atoms with van der Waals surface area (Å²) < 4.78 is 0. The molecule has 2 N–H and O–H groups in total. The Hall–Kier alpha value is -4.97. The molecule has 1 unspecified atom stereocenters. The van der Waals surface area contributed by atoms with E-state index in [0.717, 1.165) is 16.8 Å². The first-order valence-corrected chi connectivity index (χ1v) is 13.0. The zero-order valence-corrected chi connectivity index (χ0v) is 21.0. The minimum atomic E-state index is -1.31. The van der Waals surface area contributed by atoms with Crippen LogP contribution in [0.2, 0.25) is 0 Å². The molecule has 0 bridgehead atoms. The lowest BCUT2D eigenvalue weighted by molar-refractivity contribution is -0.122. The number of para-hydroxylation sites is 3. The van der Waals surface area contributed by atoms with Crippen molar-refractivity contribution in [2.24, 2.45) is 5.92 Å². The normalized spacial score (nSPS) is 24.1. The molecule has 6 heteroatoms. The molecule has 190 valence electrons. The van der Waals surface area contributed by atoms with E-state index in [1.807, 2.05) is 102 Å². The third kappa shape index (κ3) is 3.31. The van der Waals surface area contributed by atoms with Gasteiger partial charge in [-0.3, -0.25) is 14.4 Å². The Kier molecular flexibility index (Phi) is 5.23. The van der Waals surface area contributed by atoms with Crippen LogP contribution < -0.4 is 15.5 Å². The van der Waals surface area contributed by atoms with Gasteiger partial charge in [-0.25, -0.2) is 0 Å². The number of nitrogens with zero attached hydrogens (tertiary/aromatic N) is 1. The molecule has 0 saturated carbocycles. The number of benzene rings is 4. The van der Waals surface area contributed by atoms with Gasteiger partial charge in [0.05, 0.1) is 12.0 Å². The van der Waals surface area contributed by atoms with Crippen molar-refractivity contribution < 1.29 is 14.4 Å². The van der Waals surface area contributed by atoms with E-state index in [1.54, 1.807) is 24.3 Å². The number of hydrogen-bond donors (Lipinski definition) is 2. The Morgan fingerprint density at radius 3 is 2.26 bits per heavy atom. The van der Waals surface area contributed by atoms with Crippen LogP contribution in [0, 0.1) is 5.92 Å². The third-order valence-electron chi connectivity index (χ3n) is 8.19. The standard InChI is InChI=1S/C33H25N3O3/c37-30(22-12-3-1-4-13-22)28-29(31(38)34-23-14-5-2-6-15-23)36-26-18-10-7-11-21(26)19-20-27(36)33(28)24-16-8-9-17-25(24)35-32(33)39/h1-20,27-29H,(H,34,38)(H,35,39)/t27?,28-,29+,33+/m0/s1. The summed E-state index contributed by atoms with van der Waals surface area (Å²) >= 11 is 0. The molecule has 0 aliphatic carbocycles. The van der Waals surface area contributed by atoms with Crippen LogP contribution in [0.25, 0.3) is 6.08 Å². The lowest BCUT2D eigenvalue weighted by atomic mass is 9.64. The summed E-state index contributed by atoms with van der Waals surface area (Å²) in [5, 5.41) is 6.09. The molecule has 3 heterocycles. The van der Waals surface area contributed by atoms with Gasteiger partial charge in [0.2, 0.25) is 11.8 Å². The molecular formula is C33H25N3O3. The maximum atomic E-state index is 14.6. The van der Waals surface area contributed by atoms with Gasteiger partial charge in [0, 0.05) is 22.6 Å². The highest BCUT2D eigenvalue weighted by Crippen LogP contribution is 2.57. The van der Waals surface area contributed by atoms with Crippen molar-refractivity contribution in [3.05, 3.63) is 132 Å². The van der Waals surface area contributed by atoms with Crippen molar-refractivity contribution in [3.63, 3.8) is 0 Å². The second-order valence-electron chi connectivity index (χ2n) is 10.1. The predicted octanol–water partition coefficient (Wildman–Crippen LogP) is 5.30. The highest BCUT2D eigenvalue weighted by Gasteiger charge is 2.70. The molecule has 7 rings (SSSR count). The number of hydrogen-bond acceptors (Lipinski definition) is 4. The Labute approximate surface area is 226 Å². The van der Waals surface area contributed by atoms with E-state index in [0.29, 0.717) is 16.9 Å². The summed E-state index contributed by atoms with van der Waals surface area (Å²) in [7, 11) is 0. The summed E-state index contributed by atoms with van der Waals surface area (Å²) in [5.74, 6) is -1.84. The smallest absolute Gasteiger partial charge is 0.247 e. The molecule has 4 aromatic carbocycles. The highest BCUT2D eigenvalue weighted by atomic mass is 16.2. The van der Waals surface area contributed by atoms with Gasteiger partial charge >= 0.3 is 0 Å². The number of fused-ring (bicyclic) bond motifs is 6. The van der Waals surface area contributed by atoms with E-state index in [1.165, 1.54) is 0 Å². The minimum absolute atomic E-state index is 0.240. The van der Waals surface area contributed by atoms with Crippen LogP contribution in [-0.2, 0) is 15.0 Å². The van der Waals surface area contributed by atoms with Gasteiger partial charge in [-0.05, 0) is 35.4 Å². The van der Waals surface area contributed by atoms with Gasteiger partial charge in [-0.2, -0.15) is 0 Å². The quantitative estimate of drug-likeness (QED) is 0.365. The molecule has 4 aromatic rings. The van der Waals surface area contributed by atoms with E-state index in [9.17, 15) is 14.4 Å².